The molecule has 3 rings (SSSR count). The quantitative estimate of drug-likeness (QED) is 0.663. The van der Waals surface area contributed by atoms with E-state index in [0.29, 0.717) is 0 Å². The zero-order chi connectivity index (χ0) is 12.9. The Morgan fingerprint density at radius 2 is 1.32 bits per heavy atom. The van der Waals surface area contributed by atoms with E-state index in [1.54, 1.807) is 0 Å². The van der Waals surface area contributed by atoms with Crippen LogP contribution >= 0.6 is 0 Å². The summed E-state index contributed by atoms with van der Waals surface area (Å²) < 4.78 is 4.83. The van der Waals surface area contributed by atoms with Crippen LogP contribution in [-0.4, -0.2) is 27.3 Å². The Balaban J connectivity index is 2.09. The minimum absolute atomic E-state index is 0.805. The molecule has 0 amide bonds. The molecule has 0 N–H and O–H groups in total. The van der Waals surface area contributed by atoms with Crippen molar-refractivity contribution in [3.8, 4) is 0 Å². The van der Waals surface area contributed by atoms with Crippen LogP contribution in [0.1, 0.15) is 0 Å². The molecule has 1 aliphatic heterocycles. The summed E-state index contributed by atoms with van der Waals surface area (Å²) in [5, 5.41) is 0. The van der Waals surface area contributed by atoms with Gasteiger partial charge in [0.15, 0.2) is 0 Å². The monoisotopic (exact) mass is 437 g/mol. The van der Waals surface area contributed by atoms with Crippen LogP contribution in [-0.2, 0) is 0 Å². The summed E-state index contributed by atoms with van der Waals surface area (Å²) in [7, 11) is 0. The van der Waals surface area contributed by atoms with Gasteiger partial charge in [0.2, 0.25) is 0 Å². The van der Waals surface area contributed by atoms with Gasteiger partial charge in [-0.3, -0.25) is 0 Å². The fraction of sp³-hybridized carbons (Fsp3) is 0. The van der Waals surface area contributed by atoms with Crippen molar-refractivity contribution in [1.29, 1.82) is 0 Å². The van der Waals surface area contributed by atoms with Crippen LogP contribution in [0, 0.1) is 0 Å². The summed E-state index contributed by atoms with van der Waals surface area (Å²) in [6.45, 7) is 0. The second-order valence-electron chi connectivity index (χ2n) is 4.34. The van der Waals surface area contributed by atoms with Gasteiger partial charge in [-0.2, -0.15) is 0 Å². The first kappa shape index (κ1) is 12.5. The summed E-state index contributed by atoms with van der Waals surface area (Å²) in [5.41, 5.74) is 3.75. The van der Waals surface area contributed by atoms with Crippen molar-refractivity contribution in [2.45, 2.75) is 0 Å². The Morgan fingerprint density at radius 3 is 1.79 bits per heavy atom. The first-order valence-corrected chi connectivity index (χ1v) is 11.6. The normalized spacial score (nSPS) is 12.7. The maximum absolute atomic E-state index is 2.46. The van der Waals surface area contributed by atoms with E-state index < -0.39 is 23.7 Å². The van der Waals surface area contributed by atoms with Crippen LogP contribution in [0.4, 0.5) is 11.4 Å². The van der Waals surface area contributed by atoms with E-state index in [-0.39, 0.29) is 0 Å². The van der Waals surface area contributed by atoms with Crippen molar-refractivity contribution < 1.29 is 0 Å². The van der Waals surface area contributed by atoms with Crippen LogP contribution in [0.3, 0.4) is 0 Å². The molecule has 1 heterocycles. The van der Waals surface area contributed by atoms with E-state index in [0.717, 1.165) is 0 Å². The third-order valence-electron chi connectivity index (χ3n) is 3.04. The molecule has 2 aromatic carbocycles. The van der Waals surface area contributed by atoms with Crippen LogP contribution < -0.4 is 4.90 Å². The Hall–Kier alpha value is -1.49. The van der Waals surface area contributed by atoms with Gasteiger partial charge in [-0.1, -0.05) is 0 Å². The fourth-order valence-electron chi connectivity index (χ4n) is 2.18. The van der Waals surface area contributed by atoms with Crippen molar-refractivity contribution in [2.24, 2.45) is 0 Å². The molecular formula is C17H14NTl. The first-order valence-electron chi connectivity index (χ1n) is 6.40. The van der Waals surface area contributed by atoms with Crippen molar-refractivity contribution in [2.75, 3.05) is 4.90 Å². The molecule has 0 unspecified atom stereocenters. The maximum atomic E-state index is 2.46. The van der Waals surface area contributed by atoms with Crippen LogP contribution in [0.25, 0.3) is 0 Å². The zero-order valence-electron chi connectivity index (χ0n) is 10.6. The molecule has 2 heteroatoms. The first-order chi connectivity index (χ1) is 9.45. The summed E-state index contributed by atoms with van der Waals surface area (Å²) in [6.07, 6.45) is 4.42. The standard InChI is InChI=1S/C17H14N.Tl/c1-3-10-15(2)18(16-11-6-4-7-12-16)17-13-8-5-9-14-17;/h1-14H;. The third kappa shape index (κ3) is 2.92. The van der Waals surface area contributed by atoms with Gasteiger partial charge in [0.25, 0.3) is 0 Å². The molecule has 1 nitrogen and oxygen atoms in total. The van der Waals surface area contributed by atoms with Gasteiger partial charge >= 0.3 is 126 Å². The van der Waals surface area contributed by atoms with E-state index in [4.69, 9.17) is 0 Å². The van der Waals surface area contributed by atoms with Crippen LogP contribution in [0.5, 0.6) is 0 Å². The number of rotatable bonds is 3. The van der Waals surface area contributed by atoms with E-state index in [1.165, 1.54) is 17.1 Å². The molecule has 0 aromatic heterocycles. The Morgan fingerprint density at radius 1 is 0.737 bits per heavy atom. The predicted molar refractivity (Wildman–Crippen MR) is 84.1 cm³/mol. The van der Waals surface area contributed by atoms with Crippen LogP contribution in [0.15, 0.2) is 82.1 Å². The van der Waals surface area contributed by atoms with Crippen LogP contribution in [0.2, 0.25) is 0 Å². The Bertz CT molecular complexity index is 587. The molecule has 0 spiro atoms. The molecule has 90 valence electrons. The number of allylic oxidation sites excluding steroid dienone is 3. The fourth-order valence-corrected chi connectivity index (χ4v) is 5.32. The predicted octanol–water partition coefficient (Wildman–Crippen LogP) is 3.74. The number of anilines is 2. The second-order valence-corrected chi connectivity index (χ2v) is 8.63. The number of hydrogen-bond acceptors (Lipinski definition) is 1. The van der Waals surface area contributed by atoms with E-state index in [9.17, 15) is 0 Å². The molecule has 19 heavy (non-hydrogen) atoms. The summed E-state index contributed by atoms with van der Waals surface area (Å²) in [6, 6.07) is 21.1. The number of hydrogen-bond donors (Lipinski definition) is 0. The van der Waals surface area contributed by atoms with Gasteiger partial charge in [0.05, 0.1) is 0 Å². The van der Waals surface area contributed by atoms with Gasteiger partial charge in [0, 0.05) is 0 Å². The molecule has 0 fully saturated rings. The zero-order valence-corrected chi connectivity index (χ0v) is 15.1. The SMILES string of the molecule is C1=[CH][Tl]=[CH]C(N(c2ccccc2)c2ccccc2)=C1. The average molecular weight is 437 g/mol. The second kappa shape index (κ2) is 6.10. The van der Waals surface area contributed by atoms with E-state index in [2.05, 4.69) is 84.9 Å². The third-order valence-corrected chi connectivity index (χ3v) is 6.85. The van der Waals surface area contributed by atoms with Gasteiger partial charge < -0.3 is 0 Å². The summed E-state index contributed by atoms with van der Waals surface area (Å²) in [4.78, 5) is 2.33. The van der Waals surface area contributed by atoms with Gasteiger partial charge in [0.1, 0.15) is 0 Å². The average Bonchev–Trinajstić information content (AvgIpc) is 2.51. The molecule has 2 aromatic rings. The van der Waals surface area contributed by atoms with Gasteiger partial charge in [-0.25, -0.2) is 0 Å². The van der Waals surface area contributed by atoms with E-state index >= 15 is 0 Å². The molecule has 0 atom stereocenters. The number of benzene rings is 2. The van der Waals surface area contributed by atoms with Crippen molar-refractivity contribution in [3.05, 3.63) is 82.1 Å². The number of para-hydroxylation sites is 2. The molecule has 0 radical (unpaired) electrons. The van der Waals surface area contributed by atoms with Gasteiger partial charge in [-0.05, 0) is 0 Å². The number of nitrogens with zero attached hydrogens (tertiary/aromatic N) is 1. The Labute approximate surface area is 125 Å². The summed E-state index contributed by atoms with van der Waals surface area (Å²) in [5.74, 6) is 0. The molecule has 0 bridgehead atoms. The van der Waals surface area contributed by atoms with Crippen molar-refractivity contribution in [3.63, 3.8) is 0 Å². The topological polar surface area (TPSA) is 3.24 Å². The molecule has 0 saturated carbocycles. The van der Waals surface area contributed by atoms with E-state index in [1.807, 2.05) is 0 Å². The molecule has 1 aliphatic rings. The Kier molecular flexibility index (Phi) is 4.03. The molecular weight excluding hydrogens is 423 g/mol. The molecule has 0 aliphatic carbocycles. The minimum atomic E-state index is -0.805. The van der Waals surface area contributed by atoms with Crippen molar-refractivity contribution in [1.82, 2.24) is 0 Å². The summed E-state index contributed by atoms with van der Waals surface area (Å²) >= 11 is -0.805. The van der Waals surface area contributed by atoms with Gasteiger partial charge in [-0.15, -0.1) is 0 Å². The van der Waals surface area contributed by atoms with Crippen molar-refractivity contribution >= 4 is 38.7 Å². The molecule has 0 saturated heterocycles.